The standard InChI is InChI=1S/C17H35N3O/c1-4-5-19-6-8-20(9-7-19)10-11-21-17-12-16(13-17)18-14-15(2)3/h15-18H,4-14H2,1-3H3/t16-,17-. The highest BCUT2D eigenvalue weighted by Gasteiger charge is 2.29. The number of rotatable bonds is 9. The third-order valence-corrected chi connectivity index (χ3v) is 4.68. The fourth-order valence-electron chi connectivity index (χ4n) is 3.17. The summed E-state index contributed by atoms with van der Waals surface area (Å²) in [4.78, 5) is 5.13. The molecule has 0 aromatic carbocycles. The molecule has 2 aliphatic rings. The van der Waals surface area contributed by atoms with E-state index in [4.69, 9.17) is 4.74 Å². The summed E-state index contributed by atoms with van der Waals surface area (Å²) < 4.78 is 6.00. The highest BCUT2D eigenvalue weighted by Crippen LogP contribution is 2.23. The summed E-state index contributed by atoms with van der Waals surface area (Å²) in [7, 11) is 0. The molecular weight excluding hydrogens is 262 g/mol. The van der Waals surface area contributed by atoms with Crippen LogP contribution in [0.5, 0.6) is 0 Å². The Morgan fingerprint density at radius 2 is 1.67 bits per heavy atom. The Labute approximate surface area is 131 Å². The first-order valence-corrected chi connectivity index (χ1v) is 8.97. The first-order valence-electron chi connectivity index (χ1n) is 8.97. The lowest BCUT2D eigenvalue weighted by Gasteiger charge is -2.38. The molecule has 1 saturated carbocycles. The van der Waals surface area contributed by atoms with Gasteiger partial charge in [-0.3, -0.25) is 4.90 Å². The first kappa shape index (κ1) is 17.2. The van der Waals surface area contributed by atoms with Crippen molar-refractivity contribution in [1.29, 1.82) is 0 Å². The highest BCUT2D eigenvalue weighted by atomic mass is 16.5. The van der Waals surface area contributed by atoms with Gasteiger partial charge in [0, 0.05) is 38.8 Å². The quantitative estimate of drug-likeness (QED) is 0.702. The molecule has 0 amide bonds. The van der Waals surface area contributed by atoms with Crippen LogP contribution in [0.3, 0.4) is 0 Å². The fourth-order valence-corrected chi connectivity index (χ4v) is 3.17. The minimum atomic E-state index is 0.510. The average molecular weight is 297 g/mol. The van der Waals surface area contributed by atoms with Gasteiger partial charge in [0.15, 0.2) is 0 Å². The zero-order valence-corrected chi connectivity index (χ0v) is 14.3. The third-order valence-electron chi connectivity index (χ3n) is 4.68. The van der Waals surface area contributed by atoms with E-state index in [-0.39, 0.29) is 0 Å². The number of piperazine rings is 1. The lowest BCUT2D eigenvalue weighted by atomic mass is 9.89. The lowest BCUT2D eigenvalue weighted by molar-refractivity contribution is -0.0281. The number of ether oxygens (including phenoxy) is 1. The molecule has 0 aromatic heterocycles. The van der Waals surface area contributed by atoms with Gasteiger partial charge in [0.1, 0.15) is 0 Å². The number of nitrogens with zero attached hydrogens (tertiary/aromatic N) is 2. The van der Waals surface area contributed by atoms with Gasteiger partial charge in [-0.25, -0.2) is 0 Å². The molecule has 1 aliphatic heterocycles. The van der Waals surface area contributed by atoms with Crippen molar-refractivity contribution >= 4 is 0 Å². The van der Waals surface area contributed by atoms with E-state index in [2.05, 4.69) is 35.9 Å². The number of hydrogen-bond donors (Lipinski definition) is 1. The topological polar surface area (TPSA) is 27.7 Å². The van der Waals surface area contributed by atoms with Crippen LogP contribution in [-0.2, 0) is 4.74 Å². The van der Waals surface area contributed by atoms with Gasteiger partial charge >= 0.3 is 0 Å². The van der Waals surface area contributed by atoms with Crippen molar-refractivity contribution in [1.82, 2.24) is 15.1 Å². The normalized spacial score (nSPS) is 28.0. The van der Waals surface area contributed by atoms with Gasteiger partial charge in [-0.05, 0) is 38.3 Å². The molecule has 4 heteroatoms. The van der Waals surface area contributed by atoms with Crippen LogP contribution in [0.4, 0.5) is 0 Å². The van der Waals surface area contributed by atoms with Crippen LogP contribution in [0.25, 0.3) is 0 Å². The summed E-state index contributed by atoms with van der Waals surface area (Å²) in [5.74, 6) is 0.747. The lowest BCUT2D eigenvalue weighted by Crippen LogP contribution is -2.49. The summed E-state index contributed by atoms with van der Waals surface area (Å²) in [6, 6.07) is 0.704. The van der Waals surface area contributed by atoms with Crippen molar-refractivity contribution in [2.24, 2.45) is 5.92 Å². The van der Waals surface area contributed by atoms with Crippen molar-refractivity contribution in [2.75, 3.05) is 52.4 Å². The molecular formula is C17H35N3O. The van der Waals surface area contributed by atoms with Crippen molar-refractivity contribution in [2.45, 2.75) is 52.2 Å². The smallest absolute Gasteiger partial charge is 0.0605 e. The van der Waals surface area contributed by atoms with Crippen LogP contribution in [0, 0.1) is 5.92 Å². The molecule has 2 fully saturated rings. The van der Waals surface area contributed by atoms with Gasteiger partial charge in [-0.1, -0.05) is 20.8 Å². The molecule has 1 heterocycles. The van der Waals surface area contributed by atoms with Gasteiger partial charge in [-0.2, -0.15) is 0 Å². The Hall–Kier alpha value is -0.160. The Morgan fingerprint density at radius 3 is 2.24 bits per heavy atom. The Balaban J connectivity index is 1.45. The van der Waals surface area contributed by atoms with Crippen LogP contribution in [-0.4, -0.2) is 74.4 Å². The highest BCUT2D eigenvalue weighted by molar-refractivity contribution is 4.86. The molecule has 1 aliphatic carbocycles. The maximum Gasteiger partial charge on any atom is 0.0605 e. The van der Waals surface area contributed by atoms with Gasteiger partial charge in [-0.15, -0.1) is 0 Å². The van der Waals surface area contributed by atoms with E-state index in [0.29, 0.717) is 12.1 Å². The molecule has 1 N–H and O–H groups in total. The first-order chi connectivity index (χ1) is 10.2. The summed E-state index contributed by atoms with van der Waals surface area (Å²) in [6.07, 6.45) is 4.20. The molecule has 2 rings (SSSR count). The monoisotopic (exact) mass is 297 g/mol. The largest absolute Gasteiger partial charge is 0.377 e. The summed E-state index contributed by atoms with van der Waals surface area (Å²) in [5, 5.41) is 3.61. The van der Waals surface area contributed by atoms with Crippen molar-refractivity contribution in [3.63, 3.8) is 0 Å². The second kappa shape index (κ2) is 9.09. The molecule has 21 heavy (non-hydrogen) atoms. The predicted octanol–water partition coefficient (Wildman–Crippen LogP) is 1.81. The minimum absolute atomic E-state index is 0.510. The van der Waals surface area contributed by atoms with E-state index in [1.54, 1.807) is 0 Å². The minimum Gasteiger partial charge on any atom is -0.377 e. The summed E-state index contributed by atoms with van der Waals surface area (Å²) in [6.45, 7) is 16.1. The zero-order valence-electron chi connectivity index (χ0n) is 14.3. The van der Waals surface area contributed by atoms with Crippen LogP contribution in [0.2, 0.25) is 0 Å². The van der Waals surface area contributed by atoms with Crippen molar-refractivity contribution in [3.05, 3.63) is 0 Å². The van der Waals surface area contributed by atoms with Crippen LogP contribution >= 0.6 is 0 Å². The van der Waals surface area contributed by atoms with E-state index >= 15 is 0 Å². The van der Waals surface area contributed by atoms with Gasteiger partial charge in [0.25, 0.3) is 0 Å². The second-order valence-electron chi connectivity index (χ2n) is 7.15. The van der Waals surface area contributed by atoms with Gasteiger partial charge < -0.3 is 15.0 Å². The van der Waals surface area contributed by atoms with Crippen LogP contribution in [0.15, 0.2) is 0 Å². The number of hydrogen-bond acceptors (Lipinski definition) is 4. The molecule has 4 nitrogen and oxygen atoms in total. The molecule has 1 saturated heterocycles. The molecule has 0 atom stereocenters. The van der Waals surface area contributed by atoms with E-state index in [1.165, 1.54) is 52.0 Å². The maximum atomic E-state index is 6.00. The molecule has 124 valence electrons. The van der Waals surface area contributed by atoms with E-state index in [0.717, 1.165) is 25.6 Å². The molecule has 0 aromatic rings. The fraction of sp³-hybridized carbons (Fsp3) is 1.00. The van der Waals surface area contributed by atoms with Crippen LogP contribution < -0.4 is 5.32 Å². The summed E-state index contributed by atoms with van der Waals surface area (Å²) in [5.41, 5.74) is 0. The Bertz CT molecular complexity index is 271. The maximum absolute atomic E-state index is 6.00. The van der Waals surface area contributed by atoms with E-state index in [1.807, 2.05) is 0 Å². The second-order valence-corrected chi connectivity index (χ2v) is 7.15. The Morgan fingerprint density at radius 1 is 1.05 bits per heavy atom. The third kappa shape index (κ3) is 6.23. The number of nitrogens with one attached hydrogen (secondary N) is 1. The Kier molecular flexibility index (Phi) is 7.44. The predicted molar refractivity (Wildman–Crippen MR) is 88.8 cm³/mol. The summed E-state index contributed by atoms with van der Waals surface area (Å²) >= 11 is 0. The molecule has 0 spiro atoms. The van der Waals surface area contributed by atoms with Crippen LogP contribution in [0.1, 0.15) is 40.0 Å². The SMILES string of the molecule is CCCN1CCN(CCO[C@H]2C[C@H](NCC(C)C)C2)CC1. The zero-order chi connectivity index (χ0) is 15.1. The van der Waals surface area contributed by atoms with Crippen molar-refractivity contribution in [3.8, 4) is 0 Å². The molecule has 0 bridgehead atoms. The molecule has 0 unspecified atom stereocenters. The average Bonchev–Trinajstić information content (AvgIpc) is 2.42. The van der Waals surface area contributed by atoms with E-state index in [9.17, 15) is 0 Å². The molecule has 0 radical (unpaired) electrons. The van der Waals surface area contributed by atoms with E-state index < -0.39 is 0 Å². The van der Waals surface area contributed by atoms with Gasteiger partial charge in [0.2, 0.25) is 0 Å². The van der Waals surface area contributed by atoms with Crippen molar-refractivity contribution < 1.29 is 4.74 Å². The van der Waals surface area contributed by atoms with Gasteiger partial charge in [0.05, 0.1) is 12.7 Å².